The van der Waals surface area contributed by atoms with E-state index in [1.165, 1.54) is 4.57 Å². The third-order valence-electron chi connectivity index (χ3n) is 5.86. The normalized spacial score (nSPS) is 11.3. The number of aromatic amines is 1. The molecule has 4 rings (SSSR count). The molecule has 0 aliphatic carbocycles. The van der Waals surface area contributed by atoms with Crippen LogP contribution in [0, 0.1) is 0 Å². The van der Waals surface area contributed by atoms with E-state index in [2.05, 4.69) is 9.97 Å². The molecule has 0 unspecified atom stereocenters. The van der Waals surface area contributed by atoms with Crippen LogP contribution in [0.4, 0.5) is 0 Å². The Morgan fingerprint density at radius 1 is 0.971 bits per heavy atom. The van der Waals surface area contributed by atoms with Gasteiger partial charge in [0.1, 0.15) is 18.3 Å². The minimum atomic E-state index is -0.590. The van der Waals surface area contributed by atoms with Crippen LogP contribution in [0.3, 0.4) is 0 Å². The highest BCUT2D eigenvalue weighted by atomic mass is 16.5. The van der Waals surface area contributed by atoms with Crippen LogP contribution >= 0.6 is 0 Å². The molecule has 4 aromatic rings. The van der Waals surface area contributed by atoms with E-state index in [0.29, 0.717) is 30.1 Å². The van der Waals surface area contributed by atoms with Crippen LogP contribution in [0.2, 0.25) is 0 Å². The average Bonchev–Trinajstić information content (AvgIpc) is 3.23. The first kappa shape index (κ1) is 23.2. The summed E-state index contributed by atoms with van der Waals surface area (Å²) in [5.74, 6) is -0.579. The highest BCUT2D eigenvalue weighted by Crippen LogP contribution is 2.26. The fraction of sp³-hybridized carbons (Fsp3) is 0.308. The van der Waals surface area contributed by atoms with E-state index in [4.69, 9.17) is 4.74 Å². The minimum absolute atomic E-state index is 0.112. The summed E-state index contributed by atoms with van der Waals surface area (Å²) >= 11 is 0. The Balaban J connectivity index is 1.68. The largest absolute Gasteiger partial charge is 0.457 e. The van der Waals surface area contributed by atoms with Crippen molar-refractivity contribution in [2.24, 2.45) is 0 Å². The molecule has 0 saturated carbocycles. The fourth-order valence-corrected chi connectivity index (χ4v) is 4.17. The Kier molecular flexibility index (Phi) is 7.06. The number of fused-ring (bicyclic) bond motifs is 1. The first-order chi connectivity index (χ1) is 16.5. The molecule has 2 aromatic carbocycles. The van der Waals surface area contributed by atoms with Gasteiger partial charge in [0.15, 0.2) is 11.2 Å². The van der Waals surface area contributed by atoms with Crippen molar-refractivity contribution >= 4 is 17.1 Å². The first-order valence-electron chi connectivity index (χ1n) is 11.5. The molecular formula is C26H28N4O4. The molecule has 0 radical (unpaired) electrons. The van der Waals surface area contributed by atoms with Gasteiger partial charge in [0.25, 0.3) is 5.56 Å². The number of hydrogen-bond acceptors (Lipinski definition) is 5. The number of H-pyrrole nitrogens is 1. The zero-order valence-corrected chi connectivity index (χ0v) is 19.4. The number of hydrogen-bond donors (Lipinski definition) is 1. The van der Waals surface area contributed by atoms with Gasteiger partial charge in [-0.3, -0.25) is 19.1 Å². The number of aryl methyl sites for hydroxylation is 2. The maximum absolute atomic E-state index is 13.3. The molecule has 0 saturated heterocycles. The Hall–Kier alpha value is -3.94. The molecule has 1 N–H and O–H groups in total. The van der Waals surface area contributed by atoms with Crippen LogP contribution in [0.1, 0.15) is 49.6 Å². The second-order valence-corrected chi connectivity index (χ2v) is 8.07. The number of carbonyl (C=O) groups is 1. The van der Waals surface area contributed by atoms with Gasteiger partial charge in [0, 0.05) is 13.1 Å². The Bertz CT molecular complexity index is 1350. The van der Waals surface area contributed by atoms with E-state index in [1.54, 1.807) is 4.57 Å². The molecule has 0 aliphatic rings. The van der Waals surface area contributed by atoms with Crippen molar-refractivity contribution in [2.75, 3.05) is 0 Å². The van der Waals surface area contributed by atoms with Crippen LogP contribution in [0.15, 0.2) is 70.3 Å². The lowest BCUT2D eigenvalue weighted by atomic mass is 9.91. The number of ether oxygens (including phenoxy) is 1. The zero-order chi connectivity index (χ0) is 24.1. The molecule has 0 bridgehead atoms. The third kappa shape index (κ3) is 4.57. The molecule has 0 aliphatic heterocycles. The standard InChI is InChI=1S/C26H28N4O4/c1-3-5-16-30-23-22(24(31)28-26(30)33)29(4-2)20(27-23)17-34-25(32)21(18-12-8-6-9-13-18)19-14-10-7-11-15-19/h6-15,21H,3-5,16-17H2,1-2H3,(H,28,31,33). The van der Waals surface area contributed by atoms with E-state index in [1.807, 2.05) is 74.5 Å². The van der Waals surface area contributed by atoms with E-state index < -0.39 is 23.1 Å². The Labute approximate surface area is 196 Å². The summed E-state index contributed by atoms with van der Waals surface area (Å²) in [5.41, 5.74) is 1.30. The molecule has 176 valence electrons. The average molecular weight is 461 g/mol. The number of benzene rings is 2. The van der Waals surface area contributed by atoms with Gasteiger partial charge in [-0.1, -0.05) is 74.0 Å². The second kappa shape index (κ2) is 10.3. The van der Waals surface area contributed by atoms with Gasteiger partial charge in [-0.15, -0.1) is 0 Å². The SMILES string of the molecule is CCCCn1c(=O)[nH]c(=O)c2c1nc(COC(=O)C(c1ccccc1)c1ccccc1)n2CC. The molecule has 8 heteroatoms. The van der Waals surface area contributed by atoms with Gasteiger partial charge in [0.2, 0.25) is 0 Å². The Morgan fingerprint density at radius 3 is 2.15 bits per heavy atom. The molecule has 0 fully saturated rings. The minimum Gasteiger partial charge on any atom is -0.457 e. The van der Waals surface area contributed by atoms with Gasteiger partial charge >= 0.3 is 11.7 Å². The van der Waals surface area contributed by atoms with Crippen molar-refractivity contribution < 1.29 is 9.53 Å². The van der Waals surface area contributed by atoms with E-state index in [-0.39, 0.29) is 6.61 Å². The topological polar surface area (TPSA) is 99.0 Å². The summed E-state index contributed by atoms with van der Waals surface area (Å²) in [7, 11) is 0. The van der Waals surface area contributed by atoms with Crippen molar-refractivity contribution in [1.82, 2.24) is 19.1 Å². The number of imidazole rings is 1. The molecule has 0 atom stereocenters. The first-order valence-corrected chi connectivity index (χ1v) is 11.5. The van der Waals surface area contributed by atoms with E-state index in [0.717, 1.165) is 24.0 Å². The molecular weight excluding hydrogens is 432 g/mol. The molecule has 8 nitrogen and oxygen atoms in total. The smallest absolute Gasteiger partial charge is 0.330 e. The fourth-order valence-electron chi connectivity index (χ4n) is 4.17. The second-order valence-electron chi connectivity index (χ2n) is 8.07. The number of carbonyl (C=O) groups excluding carboxylic acids is 1. The van der Waals surface area contributed by atoms with Crippen molar-refractivity contribution in [3.8, 4) is 0 Å². The van der Waals surface area contributed by atoms with Gasteiger partial charge in [0.05, 0.1) is 0 Å². The summed E-state index contributed by atoms with van der Waals surface area (Å²) in [4.78, 5) is 45.2. The molecule has 0 amide bonds. The van der Waals surface area contributed by atoms with Crippen molar-refractivity contribution in [1.29, 1.82) is 0 Å². The number of nitrogens with zero attached hydrogens (tertiary/aromatic N) is 3. The van der Waals surface area contributed by atoms with Crippen LogP contribution in [-0.2, 0) is 29.2 Å². The summed E-state index contributed by atoms with van der Waals surface area (Å²) in [6.07, 6.45) is 1.67. The van der Waals surface area contributed by atoms with Gasteiger partial charge < -0.3 is 9.30 Å². The molecule has 2 heterocycles. The summed E-state index contributed by atoms with van der Waals surface area (Å²) in [5, 5.41) is 0. The lowest BCUT2D eigenvalue weighted by Gasteiger charge is -2.17. The van der Waals surface area contributed by atoms with Gasteiger partial charge in [-0.25, -0.2) is 9.78 Å². The quantitative estimate of drug-likeness (QED) is 0.385. The highest BCUT2D eigenvalue weighted by molar-refractivity contribution is 5.82. The Morgan fingerprint density at radius 2 is 1.59 bits per heavy atom. The molecule has 2 aromatic heterocycles. The molecule has 34 heavy (non-hydrogen) atoms. The number of rotatable bonds is 9. The number of aromatic nitrogens is 4. The van der Waals surface area contributed by atoms with Crippen LogP contribution < -0.4 is 11.2 Å². The highest BCUT2D eigenvalue weighted by Gasteiger charge is 2.25. The van der Waals surface area contributed by atoms with Crippen LogP contribution in [0.5, 0.6) is 0 Å². The molecule has 0 spiro atoms. The lowest BCUT2D eigenvalue weighted by Crippen LogP contribution is -2.31. The van der Waals surface area contributed by atoms with Gasteiger partial charge in [-0.05, 0) is 24.5 Å². The maximum Gasteiger partial charge on any atom is 0.330 e. The van der Waals surface area contributed by atoms with Crippen molar-refractivity contribution in [2.45, 2.75) is 52.3 Å². The van der Waals surface area contributed by atoms with Crippen LogP contribution in [0.25, 0.3) is 11.2 Å². The van der Waals surface area contributed by atoms with E-state index in [9.17, 15) is 14.4 Å². The maximum atomic E-state index is 13.3. The summed E-state index contributed by atoms with van der Waals surface area (Å²) in [6, 6.07) is 18.9. The van der Waals surface area contributed by atoms with Crippen molar-refractivity contribution in [3.63, 3.8) is 0 Å². The van der Waals surface area contributed by atoms with E-state index >= 15 is 0 Å². The predicted molar refractivity (Wildman–Crippen MR) is 130 cm³/mol. The number of unbranched alkanes of at least 4 members (excludes halogenated alkanes) is 1. The predicted octanol–water partition coefficient (Wildman–Crippen LogP) is 3.58. The zero-order valence-electron chi connectivity index (χ0n) is 19.4. The number of nitrogens with one attached hydrogen (secondary N) is 1. The van der Waals surface area contributed by atoms with Gasteiger partial charge in [-0.2, -0.15) is 0 Å². The monoisotopic (exact) mass is 460 g/mol. The summed E-state index contributed by atoms with van der Waals surface area (Å²) < 4.78 is 8.92. The van der Waals surface area contributed by atoms with Crippen molar-refractivity contribution in [3.05, 3.63) is 98.5 Å². The lowest BCUT2D eigenvalue weighted by molar-refractivity contribution is -0.146. The van der Waals surface area contributed by atoms with Crippen LogP contribution in [-0.4, -0.2) is 25.1 Å². The third-order valence-corrected chi connectivity index (χ3v) is 5.86. The number of esters is 1. The summed E-state index contributed by atoms with van der Waals surface area (Å²) in [6.45, 7) is 4.69.